The molecule has 10 nitrogen and oxygen atoms in total. The molecular weight excluding hydrogens is 566 g/mol. The van der Waals surface area contributed by atoms with Crippen molar-refractivity contribution in [1.29, 1.82) is 0 Å². The molecular formula is C32H35N5O5S. The number of aromatic nitrogens is 1. The molecule has 4 rings (SSSR count). The van der Waals surface area contributed by atoms with Crippen molar-refractivity contribution in [3.05, 3.63) is 107 Å². The number of carbonyl (C=O) groups excluding carboxylic acids is 2. The Hall–Kier alpha value is -4.74. The van der Waals surface area contributed by atoms with Gasteiger partial charge in [-0.15, -0.1) is 0 Å². The van der Waals surface area contributed by atoms with E-state index in [2.05, 4.69) is 20.4 Å². The molecule has 0 bridgehead atoms. The zero-order chi connectivity index (χ0) is 31.0. The van der Waals surface area contributed by atoms with Gasteiger partial charge in [0.05, 0.1) is 24.3 Å². The number of amides is 2. The molecule has 0 aliphatic carbocycles. The SMILES string of the molecule is CCOc1ccc(-n2c(C)cc(/C=N/NC(=O)CN(Cc3ccccc3)S(=O)(=O)c3ccc(NC(C)=O)cc3)c2C)cc1. The first-order valence-electron chi connectivity index (χ1n) is 13.7. The first-order valence-corrected chi connectivity index (χ1v) is 15.2. The molecule has 0 spiro atoms. The van der Waals surface area contributed by atoms with Crippen LogP contribution in [0.25, 0.3) is 5.69 Å². The van der Waals surface area contributed by atoms with Gasteiger partial charge in [-0.05, 0) is 80.9 Å². The van der Waals surface area contributed by atoms with Gasteiger partial charge in [-0.25, -0.2) is 13.8 Å². The number of nitrogens with one attached hydrogen (secondary N) is 2. The Morgan fingerprint density at radius 2 is 1.65 bits per heavy atom. The van der Waals surface area contributed by atoms with Gasteiger partial charge in [-0.1, -0.05) is 30.3 Å². The van der Waals surface area contributed by atoms with Crippen molar-refractivity contribution in [2.45, 2.75) is 39.1 Å². The van der Waals surface area contributed by atoms with E-state index in [0.29, 0.717) is 12.3 Å². The molecule has 1 aromatic heterocycles. The lowest BCUT2D eigenvalue weighted by atomic mass is 10.2. The number of benzene rings is 3. The van der Waals surface area contributed by atoms with Crippen LogP contribution in [-0.4, -0.2) is 48.5 Å². The molecule has 2 amide bonds. The van der Waals surface area contributed by atoms with Crippen LogP contribution in [0.5, 0.6) is 5.75 Å². The number of carbonyl (C=O) groups is 2. The molecule has 11 heteroatoms. The second kappa shape index (κ2) is 14.0. The van der Waals surface area contributed by atoms with Gasteiger partial charge in [0, 0.05) is 41.8 Å². The number of rotatable bonds is 12. The average Bonchev–Trinajstić information content (AvgIpc) is 3.26. The maximum atomic E-state index is 13.6. The lowest BCUT2D eigenvalue weighted by Gasteiger charge is -2.21. The Labute approximate surface area is 252 Å². The third-order valence-corrected chi connectivity index (χ3v) is 8.41. The van der Waals surface area contributed by atoms with Crippen LogP contribution in [0.3, 0.4) is 0 Å². The molecule has 0 unspecified atom stereocenters. The van der Waals surface area contributed by atoms with Gasteiger partial charge in [0.15, 0.2) is 0 Å². The molecule has 224 valence electrons. The third kappa shape index (κ3) is 7.97. The summed E-state index contributed by atoms with van der Waals surface area (Å²) in [7, 11) is -4.07. The number of anilines is 1. The average molecular weight is 602 g/mol. The fraction of sp³-hybridized carbons (Fsp3) is 0.219. The van der Waals surface area contributed by atoms with Crippen molar-refractivity contribution in [3.8, 4) is 11.4 Å². The minimum atomic E-state index is -4.07. The van der Waals surface area contributed by atoms with Gasteiger partial charge in [0.2, 0.25) is 15.9 Å². The zero-order valence-corrected chi connectivity index (χ0v) is 25.4. The normalized spacial score (nSPS) is 11.6. The quantitative estimate of drug-likeness (QED) is 0.179. The Balaban J connectivity index is 1.49. The van der Waals surface area contributed by atoms with Crippen molar-refractivity contribution in [1.82, 2.24) is 14.3 Å². The lowest BCUT2D eigenvalue weighted by molar-refractivity contribution is -0.121. The first-order chi connectivity index (χ1) is 20.6. The Morgan fingerprint density at radius 3 is 2.28 bits per heavy atom. The Kier molecular flexibility index (Phi) is 10.1. The highest BCUT2D eigenvalue weighted by atomic mass is 32.2. The molecule has 2 N–H and O–H groups in total. The van der Waals surface area contributed by atoms with Crippen LogP contribution in [0.1, 0.15) is 36.4 Å². The number of ether oxygens (including phenoxy) is 1. The summed E-state index contributed by atoms with van der Waals surface area (Å²) in [5.41, 5.74) is 7.34. The third-order valence-electron chi connectivity index (χ3n) is 6.60. The predicted octanol–water partition coefficient (Wildman–Crippen LogP) is 4.79. The van der Waals surface area contributed by atoms with E-state index in [9.17, 15) is 18.0 Å². The molecule has 0 aliphatic rings. The van der Waals surface area contributed by atoms with E-state index in [4.69, 9.17) is 4.74 Å². The fourth-order valence-electron chi connectivity index (χ4n) is 4.62. The molecule has 0 radical (unpaired) electrons. The molecule has 3 aromatic carbocycles. The molecule has 0 aliphatic heterocycles. The summed E-state index contributed by atoms with van der Waals surface area (Å²) in [4.78, 5) is 24.3. The van der Waals surface area contributed by atoms with Gasteiger partial charge in [-0.3, -0.25) is 9.59 Å². The topological polar surface area (TPSA) is 122 Å². The zero-order valence-electron chi connectivity index (χ0n) is 24.6. The van der Waals surface area contributed by atoms with E-state index in [1.54, 1.807) is 30.5 Å². The summed E-state index contributed by atoms with van der Waals surface area (Å²) in [6, 6.07) is 24.6. The standard InChI is InChI=1S/C32H35N5O5S/c1-5-42-30-15-13-29(14-16-30)37-23(2)19-27(24(37)3)20-33-35-32(39)22-36(21-26-9-7-6-8-10-26)43(40,41)31-17-11-28(12-18-31)34-25(4)38/h6-20H,5,21-22H2,1-4H3,(H,34,38)(H,35,39)/b33-20+. The fourth-order valence-corrected chi connectivity index (χ4v) is 6.00. The minimum Gasteiger partial charge on any atom is -0.494 e. The first kappa shape index (κ1) is 31.2. The number of aryl methyl sites for hydroxylation is 1. The van der Waals surface area contributed by atoms with Gasteiger partial charge < -0.3 is 14.6 Å². The van der Waals surface area contributed by atoms with E-state index in [-0.39, 0.29) is 17.3 Å². The van der Waals surface area contributed by atoms with Crippen LogP contribution in [-0.2, 0) is 26.2 Å². The number of hydrogen-bond donors (Lipinski definition) is 2. The monoisotopic (exact) mass is 601 g/mol. The molecule has 0 atom stereocenters. The van der Waals surface area contributed by atoms with Crippen molar-refractivity contribution in [2.24, 2.45) is 5.10 Å². The van der Waals surface area contributed by atoms with Crippen LogP contribution < -0.4 is 15.5 Å². The van der Waals surface area contributed by atoms with E-state index in [0.717, 1.165) is 38.3 Å². The largest absolute Gasteiger partial charge is 0.494 e. The van der Waals surface area contributed by atoms with Crippen molar-refractivity contribution >= 4 is 33.7 Å². The number of hydrogen-bond acceptors (Lipinski definition) is 6. The summed E-state index contributed by atoms with van der Waals surface area (Å²) in [6.45, 7) is 7.37. The molecule has 43 heavy (non-hydrogen) atoms. The maximum absolute atomic E-state index is 13.6. The minimum absolute atomic E-state index is 0.00411. The van der Waals surface area contributed by atoms with E-state index in [1.165, 1.54) is 31.2 Å². The Morgan fingerprint density at radius 1 is 0.977 bits per heavy atom. The predicted molar refractivity (Wildman–Crippen MR) is 167 cm³/mol. The van der Waals surface area contributed by atoms with Crippen molar-refractivity contribution in [3.63, 3.8) is 0 Å². The highest BCUT2D eigenvalue weighted by Gasteiger charge is 2.27. The smallest absolute Gasteiger partial charge is 0.255 e. The lowest BCUT2D eigenvalue weighted by Crippen LogP contribution is -2.39. The maximum Gasteiger partial charge on any atom is 0.255 e. The van der Waals surface area contributed by atoms with Gasteiger partial charge in [-0.2, -0.15) is 9.41 Å². The summed E-state index contributed by atoms with van der Waals surface area (Å²) in [5, 5.41) is 6.74. The molecule has 0 saturated carbocycles. The molecule has 0 saturated heterocycles. The van der Waals surface area contributed by atoms with Gasteiger partial charge in [0.1, 0.15) is 5.75 Å². The number of hydrazone groups is 1. The molecule has 0 fully saturated rings. The highest BCUT2D eigenvalue weighted by Crippen LogP contribution is 2.23. The second-order valence-electron chi connectivity index (χ2n) is 9.85. The van der Waals surface area contributed by atoms with Crippen LogP contribution >= 0.6 is 0 Å². The summed E-state index contributed by atoms with van der Waals surface area (Å²) in [6.07, 6.45) is 1.54. The van der Waals surface area contributed by atoms with Crippen LogP contribution in [0.15, 0.2) is 94.9 Å². The van der Waals surface area contributed by atoms with Crippen LogP contribution in [0, 0.1) is 13.8 Å². The summed E-state index contributed by atoms with van der Waals surface area (Å²) < 4.78 is 35.9. The van der Waals surface area contributed by atoms with Crippen molar-refractivity contribution < 1.29 is 22.7 Å². The number of sulfonamides is 1. The van der Waals surface area contributed by atoms with E-state index < -0.39 is 22.5 Å². The summed E-state index contributed by atoms with van der Waals surface area (Å²) in [5.74, 6) is -0.0638. The number of nitrogens with zero attached hydrogens (tertiary/aromatic N) is 3. The highest BCUT2D eigenvalue weighted by molar-refractivity contribution is 7.89. The molecule has 1 heterocycles. The van der Waals surface area contributed by atoms with Crippen LogP contribution in [0.2, 0.25) is 0 Å². The van der Waals surface area contributed by atoms with Crippen LogP contribution in [0.4, 0.5) is 5.69 Å². The van der Waals surface area contributed by atoms with E-state index >= 15 is 0 Å². The van der Waals surface area contributed by atoms with Crippen molar-refractivity contribution in [2.75, 3.05) is 18.5 Å². The van der Waals surface area contributed by atoms with Gasteiger partial charge >= 0.3 is 0 Å². The summed E-state index contributed by atoms with van der Waals surface area (Å²) >= 11 is 0. The second-order valence-corrected chi connectivity index (χ2v) is 11.8. The van der Waals surface area contributed by atoms with E-state index in [1.807, 2.05) is 57.2 Å². The Bertz CT molecular complexity index is 1700. The van der Waals surface area contributed by atoms with Gasteiger partial charge in [0.25, 0.3) is 5.91 Å². The molecule has 4 aromatic rings.